The molecule has 5 heteroatoms. The molecule has 0 spiro atoms. The highest BCUT2D eigenvalue weighted by atomic mass is 16.5. The number of benzene rings is 1. The lowest BCUT2D eigenvalue weighted by atomic mass is 10.3. The van der Waals surface area contributed by atoms with Crippen molar-refractivity contribution in [1.29, 1.82) is 0 Å². The first kappa shape index (κ1) is 11.1. The van der Waals surface area contributed by atoms with Gasteiger partial charge in [-0.1, -0.05) is 18.2 Å². The van der Waals surface area contributed by atoms with Crippen LogP contribution in [0.1, 0.15) is 10.5 Å². The molecule has 0 unspecified atom stereocenters. The van der Waals surface area contributed by atoms with E-state index in [0.717, 1.165) is 4.68 Å². The lowest BCUT2D eigenvalue weighted by molar-refractivity contribution is 0.0726. The van der Waals surface area contributed by atoms with Gasteiger partial charge in [0.15, 0.2) is 5.69 Å². The number of nitrogens with zero attached hydrogens (tertiary/aromatic N) is 2. The zero-order chi connectivity index (χ0) is 12.3. The quantitative estimate of drug-likeness (QED) is 0.570. The standard InChI is InChI=1S/C12H10N2O3/c1-14-11(15)8-7-10(13-14)12(16)17-9-5-3-2-4-6-9/h2-8H,1H3. The van der Waals surface area contributed by atoms with Gasteiger partial charge in [0.25, 0.3) is 5.56 Å². The van der Waals surface area contributed by atoms with Gasteiger partial charge in [-0.3, -0.25) is 4.79 Å². The zero-order valence-electron chi connectivity index (χ0n) is 9.16. The Kier molecular flexibility index (Phi) is 3.00. The first-order valence-electron chi connectivity index (χ1n) is 4.98. The van der Waals surface area contributed by atoms with Gasteiger partial charge in [-0.15, -0.1) is 0 Å². The molecule has 1 aromatic carbocycles. The van der Waals surface area contributed by atoms with Crippen LogP contribution in [0.15, 0.2) is 47.3 Å². The van der Waals surface area contributed by atoms with Crippen LogP contribution in [-0.2, 0) is 7.05 Å². The maximum absolute atomic E-state index is 11.7. The fourth-order valence-electron chi connectivity index (χ4n) is 1.26. The smallest absolute Gasteiger partial charge is 0.364 e. The average Bonchev–Trinajstić information content (AvgIpc) is 2.34. The second-order valence-corrected chi connectivity index (χ2v) is 3.38. The number of hydrogen-bond acceptors (Lipinski definition) is 4. The van der Waals surface area contributed by atoms with Crippen molar-refractivity contribution in [3.8, 4) is 5.75 Å². The van der Waals surface area contributed by atoms with Crippen molar-refractivity contribution in [2.24, 2.45) is 7.05 Å². The second kappa shape index (κ2) is 4.61. The van der Waals surface area contributed by atoms with Gasteiger partial charge in [0.2, 0.25) is 0 Å². The Balaban J connectivity index is 2.21. The summed E-state index contributed by atoms with van der Waals surface area (Å²) in [6.07, 6.45) is 0. The number of carbonyl (C=O) groups is 1. The van der Waals surface area contributed by atoms with E-state index in [1.165, 1.54) is 19.2 Å². The molecular formula is C12H10N2O3. The lowest BCUT2D eigenvalue weighted by Crippen LogP contribution is -2.22. The Morgan fingerprint density at radius 1 is 1.18 bits per heavy atom. The summed E-state index contributed by atoms with van der Waals surface area (Å²) in [6, 6.07) is 11.3. The number of carbonyl (C=O) groups excluding carboxylic acids is 1. The molecule has 2 rings (SSSR count). The number of ether oxygens (including phenoxy) is 1. The monoisotopic (exact) mass is 230 g/mol. The van der Waals surface area contributed by atoms with Crippen molar-refractivity contribution in [3.05, 3.63) is 58.5 Å². The molecule has 0 saturated heterocycles. The normalized spacial score (nSPS) is 9.94. The maximum Gasteiger partial charge on any atom is 0.364 e. The molecule has 86 valence electrons. The predicted molar refractivity (Wildman–Crippen MR) is 60.9 cm³/mol. The van der Waals surface area contributed by atoms with E-state index in [0.29, 0.717) is 5.75 Å². The number of esters is 1. The van der Waals surface area contributed by atoms with Crippen LogP contribution >= 0.6 is 0 Å². The predicted octanol–water partition coefficient (Wildman–Crippen LogP) is 1.000. The van der Waals surface area contributed by atoms with E-state index < -0.39 is 5.97 Å². The number of para-hydroxylation sites is 1. The molecule has 0 aliphatic rings. The Hall–Kier alpha value is -2.43. The Labute approximate surface area is 97.3 Å². The lowest BCUT2D eigenvalue weighted by Gasteiger charge is -2.03. The summed E-state index contributed by atoms with van der Waals surface area (Å²) in [7, 11) is 1.47. The van der Waals surface area contributed by atoms with Crippen LogP contribution in [0.5, 0.6) is 5.75 Å². The molecule has 17 heavy (non-hydrogen) atoms. The Morgan fingerprint density at radius 2 is 1.88 bits per heavy atom. The van der Waals surface area contributed by atoms with Crippen molar-refractivity contribution in [3.63, 3.8) is 0 Å². The molecule has 0 amide bonds. The van der Waals surface area contributed by atoms with E-state index in [-0.39, 0.29) is 11.3 Å². The maximum atomic E-state index is 11.7. The van der Waals surface area contributed by atoms with Crippen LogP contribution in [0.25, 0.3) is 0 Å². The summed E-state index contributed by atoms with van der Waals surface area (Å²) in [4.78, 5) is 22.8. The van der Waals surface area contributed by atoms with Crippen LogP contribution in [0, 0.1) is 0 Å². The third-order valence-corrected chi connectivity index (χ3v) is 2.12. The van der Waals surface area contributed by atoms with Crippen LogP contribution in [-0.4, -0.2) is 15.7 Å². The van der Waals surface area contributed by atoms with Crippen LogP contribution in [0.3, 0.4) is 0 Å². The van der Waals surface area contributed by atoms with Gasteiger partial charge in [0, 0.05) is 13.1 Å². The summed E-state index contributed by atoms with van der Waals surface area (Å²) in [6.45, 7) is 0. The van der Waals surface area contributed by atoms with E-state index in [2.05, 4.69) is 5.10 Å². The highest BCUT2D eigenvalue weighted by Crippen LogP contribution is 2.10. The minimum atomic E-state index is -0.591. The van der Waals surface area contributed by atoms with Gasteiger partial charge < -0.3 is 4.74 Å². The zero-order valence-corrected chi connectivity index (χ0v) is 9.16. The van der Waals surface area contributed by atoms with Crippen LogP contribution < -0.4 is 10.3 Å². The number of aryl methyl sites for hydroxylation is 1. The first-order valence-corrected chi connectivity index (χ1v) is 4.98. The summed E-state index contributed by atoms with van der Waals surface area (Å²) in [5.41, 5.74) is -0.183. The van der Waals surface area contributed by atoms with Gasteiger partial charge >= 0.3 is 5.97 Å². The van der Waals surface area contributed by atoms with E-state index >= 15 is 0 Å². The van der Waals surface area contributed by atoms with E-state index in [1.54, 1.807) is 24.3 Å². The molecule has 2 aromatic rings. The second-order valence-electron chi connectivity index (χ2n) is 3.38. The van der Waals surface area contributed by atoms with E-state index in [4.69, 9.17) is 4.74 Å². The summed E-state index contributed by atoms with van der Waals surface area (Å²) >= 11 is 0. The molecule has 1 aromatic heterocycles. The highest BCUT2D eigenvalue weighted by molar-refractivity contribution is 5.88. The Bertz CT molecular complexity index is 590. The van der Waals surface area contributed by atoms with Crippen molar-refractivity contribution in [2.45, 2.75) is 0 Å². The van der Waals surface area contributed by atoms with Crippen molar-refractivity contribution < 1.29 is 9.53 Å². The third-order valence-electron chi connectivity index (χ3n) is 2.12. The summed E-state index contributed by atoms with van der Waals surface area (Å²) < 4.78 is 6.16. The van der Waals surface area contributed by atoms with Crippen LogP contribution in [0.2, 0.25) is 0 Å². The fourth-order valence-corrected chi connectivity index (χ4v) is 1.26. The molecule has 0 fully saturated rings. The molecule has 0 aliphatic carbocycles. The molecular weight excluding hydrogens is 220 g/mol. The van der Waals surface area contributed by atoms with Gasteiger partial charge in [0.1, 0.15) is 5.75 Å². The number of hydrogen-bond donors (Lipinski definition) is 0. The Morgan fingerprint density at radius 3 is 2.53 bits per heavy atom. The fraction of sp³-hybridized carbons (Fsp3) is 0.0833. The van der Waals surface area contributed by atoms with Crippen LogP contribution in [0.4, 0.5) is 0 Å². The topological polar surface area (TPSA) is 61.2 Å². The minimum absolute atomic E-state index is 0.0935. The highest BCUT2D eigenvalue weighted by Gasteiger charge is 2.10. The molecule has 0 radical (unpaired) electrons. The molecule has 0 N–H and O–H groups in total. The largest absolute Gasteiger partial charge is 0.422 e. The van der Waals surface area contributed by atoms with Gasteiger partial charge in [0.05, 0.1) is 0 Å². The summed E-state index contributed by atoms with van der Waals surface area (Å²) in [5.74, 6) is -0.153. The molecule has 0 bridgehead atoms. The third kappa shape index (κ3) is 2.57. The van der Waals surface area contributed by atoms with Crippen molar-refractivity contribution >= 4 is 5.97 Å². The van der Waals surface area contributed by atoms with E-state index in [9.17, 15) is 9.59 Å². The van der Waals surface area contributed by atoms with Gasteiger partial charge in [-0.2, -0.15) is 5.10 Å². The minimum Gasteiger partial charge on any atom is -0.422 e. The summed E-state index contributed by atoms with van der Waals surface area (Å²) in [5, 5.41) is 3.80. The average molecular weight is 230 g/mol. The first-order chi connectivity index (χ1) is 8.16. The molecule has 0 atom stereocenters. The number of rotatable bonds is 2. The molecule has 0 aliphatic heterocycles. The number of aromatic nitrogens is 2. The van der Waals surface area contributed by atoms with Gasteiger partial charge in [-0.05, 0) is 18.2 Å². The molecule has 0 saturated carbocycles. The van der Waals surface area contributed by atoms with Gasteiger partial charge in [-0.25, -0.2) is 9.48 Å². The molecule has 1 heterocycles. The van der Waals surface area contributed by atoms with Crippen molar-refractivity contribution in [1.82, 2.24) is 9.78 Å². The van der Waals surface area contributed by atoms with Crippen molar-refractivity contribution in [2.75, 3.05) is 0 Å². The molecule has 5 nitrogen and oxygen atoms in total. The van der Waals surface area contributed by atoms with E-state index in [1.807, 2.05) is 6.07 Å². The SMILES string of the molecule is Cn1nc(C(=O)Oc2ccccc2)ccc1=O.